The van der Waals surface area contributed by atoms with Crippen molar-refractivity contribution in [2.24, 2.45) is 5.92 Å². The smallest absolute Gasteiger partial charge is 0.0270 e. The fraction of sp³-hybridized carbons (Fsp3) is 0.615. The quantitative estimate of drug-likeness (QED) is 0.818. The summed E-state index contributed by atoms with van der Waals surface area (Å²) in [6.45, 7) is 5.75. The minimum atomic E-state index is 0.660. The summed E-state index contributed by atoms with van der Waals surface area (Å²) in [4.78, 5) is 4.08. The van der Waals surface area contributed by atoms with E-state index in [2.05, 4.69) is 36.3 Å². The van der Waals surface area contributed by atoms with Crippen molar-refractivity contribution in [3.63, 3.8) is 0 Å². The van der Waals surface area contributed by atoms with E-state index in [1.165, 1.54) is 18.4 Å². The minimum Gasteiger partial charge on any atom is -0.313 e. The van der Waals surface area contributed by atoms with Gasteiger partial charge in [0.1, 0.15) is 0 Å². The molecule has 82 valence electrons. The van der Waals surface area contributed by atoms with E-state index in [0.29, 0.717) is 12.0 Å². The highest BCUT2D eigenvalue weighted by Crippen LogP contribution is 2.30. The molecular weight excluding hydrogens is 184 g/mol. The number of aromatic nitrogens is 1. The van der Waals surface area contributed by atoms with Gasteiger partial charge in [-0.1, -0.05) is 13.8 Å². The second-order valence-corrected chi connectivity index (χ2v) is 4.87. The highest BCUT2D eigenvalue weighted by molar-refractivity contribution is 5.19. The van der Waals surface area contributed by atoms with E-state index in [4.69, 9.17) is 0 Å². The Morgan fingerprint density at radius 2 is 2.13 bits per heavy atom. The van der Waals surface area contributed by atoms with Crippen LogP contribution in [0.15, 0.2) is 24.5 Å². The molecular formula is C13H20N2. The topological polar surface area (TPSA) is 24.9 Å². The largest absolute Gasteiger partial charge is 0.313 e. The van der Waals surface area contributed by atoms with Gasteiger partial charge in [0, 0.05) is 24.4 Å². The lowest BCUT2D eigenvalue weighted by Crippen LogP contribution is -2.27. The van der Waals surface area contributed by atoms with Gasteiger partial charge in [0.25, 0.3) is 0 Å². The van der Waals surface area contributed by atoms with Crippen LogP contribution < -0.4 is 5.32 Å². The zero-order valence-corrected chi connectivity index (χ0v) is 9.61. The standard InChI is InChI=1S/C13H20N2/c1-10(2)9-13-12(5-8-15-13)11-3-6-14-7-4-11/h3-4,6-7,10,12-13,15H,5,8-9H2,1-2H3. The molecule has 2 nitrogen and oxygen atoms in total. The second kappa shape index (κ2) is 4.75. The third-order valence-corrected chi connectivity index (χ3v) is 3.21. The average molecular weight is 204 g/mol. The van der Waals surface area contributed by atoms with Crippen LogP contribution in [0.1, 0.15) is 38.2 Å². The average Bonchev–Trinajstić information content (AvgIpc) is 2.66. The first-order valence-corrected chi connectivity index (χ1v) is 5.90. The molecule has 2 heterocycles. The number of hydrogen-bond donors (Lipinski definition) is 1. The lowest BCUT2D eigenvalue weighted by atomic mass is 9.88. The minimum absolute atomic E-state index is 0.660. The number of rotatable bonds is 3. The maximum Gasteiger partial charge on any atom is 0.0270 e. The summed E-state index contributed by atoms with van der Waals surface area (Å²) in [5.74, 6) is 1.46. The predicted octanol–water partition coefficient (Wildman–Crippen LogP) is 2.57. The molecule has 1 saturated heterocycles. The number of nitrogens with one attached hydrogen (secondary N) is 1. The van der Waals surface area contributed by atoms with E-state index < -0.39 is 0 Å². The summed E-state index contributed by atoms with van der Waals surface area (Å²) in [6.07, 6.45) is 6.34. The van der Waals surface area contributed by atoms with Crippen molar-refractivity contribution in [3.05, 3.63) is 30.1 Å². The van der Waals surface area contributed by atoms with Crippen LogP contribution in [0.3, 0.4) is 0 Å². The third kappa shape index (κ3) is 2.57. The Bertz CT molecular complexity index is 295. The van der Waals surface area contributed by atoms with Crippen molar-refractivity contribution in [2.75, 3.05) is 6.54 Å². The molecule has 2 rings (SSSR count). The fourth-order valence-corrected chi connectivity index (χ4v) is 2.53. The van der Waals surface area contributed by atoms with Crippen molar-refractivity contribution in [2.45, 2.75) is 38.6 Å². The molecule has 1 N–H and O–H groups in total. The molecule has 0 bridgehead atoms. The molecule has 0 aliphatic carbocycles. The van der Waals surface area contributed by atoms with Crippen molar-refractivity contribution in [1.29, 1.82) is 0 Å². The predicted molar refractivity (Wildman–Crippen MR) is 62.8 cm³/mol. The Hall–Kier alpha value is -0.890. The van der Waals surface area contributed by atoms with E-state index >= 15 is 0 Å². The summed E-state index contributed by atoms with van der Waals surface area (Å²) in [7, 11) is 0. The molecule has 0 aromatic carbocycles. The first-order chi connectivity index (χ1) is 7.27. The zero-order chi connectivity index (χ0) is 10.7. The van der Waals surface area contributed by atoms with Crippen LogP contribution in [0, 0.1) is 5.92 Å². The van der Waals surface area contributed by atoms with Crippen LogP contribution in [-0.4, -0.2) is 17.6 Å². The normalized spacial score (nSPS) is 26.1. The van der Waals surface area contributed by atoms with E-state index in [1.54, 1.807) is 0 Å². The van der Waals surface area contributed by atoms with Crippen molar-refractivity contribution in [3.8, 4) is 0 Å². The van der Waals surface area contributed by atoms with Gasteiger partial charge >= 0.3 is 0 Å². The lowest BCUT2D eigenvalue weighted by Gasteiger charge is -2.21. The molecule has 2 heteroatoms. The molecule has 0 saturated carbocycles. The van der Waals surface area contributed by atoms with E-state index in [9.17, 15) is 0 Å². The molecule has 1 fully saturated rings. The lowest BCUT2D eigenvalue weighted by molar-refractivity contribution is 0.434. The van der Waals surface area contributed by atoms with Crippen LogP contribution >= 0.6 is 0 Å². The summed E-state index contributed by atoms with van der Waals surface area (Å²) in [5, 5.41) is 3.62. The molecule has 0 spiro atoms. The maximum atomic E-state index is 4.08. The van der Waals surface area contributed by atoms with Gasteiger partial charge in [0.2, 0.25) is 0 Å². The Kier molecular flexibility index (Phi) is 3.37. The van der Waals surface area contributed by atoms with Crippen LogP contribution in [0.2, 0.25) is 0 Å². The Balaban J connectivity index is 2.08. The summed E-state index contributed by atoms with van der Waals surface area (Å²) in [6, 6.07) is 4.98. The molecule has 0 radical (unpaired) electrons. The Labute approximate surface area is 92.1 Å². The van der Waals surface area contributed by atoms with Crippen LogP contribution in [0.5, 0.6) is 0 Å². The second-order valence-electron chi connectivity index (χ2n) is 4.87. The maximum absolute atomic E-state index is 4.08. The van der Waals surface area contributed by atoms with Gasteiger partial charge in [-0.3, -0.25) is 4.98 Å². The summed E-state index contributed by atoms with van der Waals surface area (Å²) >= 11 is 0. The van der Waals surface area contributed by atoms with Crippen LogP contribution in [0.4, 0.5) is 0 Å². The Morgan fingerprint density at radius 3 is 2.80 bits per heavy atom. The Morgan fingerprint density at radius 1 is 1.40 bits per heavy atom. The molecule has 1 aromatic rings. The van der Waals surface area contributed by atoms with E-state index in [0.717, 1.165) is 12.5 Å². The number of hydrogen-bond acceptors (Lipinski definition) is 2. The van der Waals surface area contributed by atoms with Gasteiger partial charge in [0.05, 0.1) is 0 Å². The summed E-state index contributed by atoms with van der Waals surface area (Å²) < 4.78 is 0. The van der Waals surface area contributed by atoms with Gasteiger partial charge in [-0.25, -0.2) is 0 Å². The first-order valence-electron chi connectivity index (χ1n) is 5.90. The van der Waals surface area contributed by atoms with Crippen molar-refractivity contribution < 1.29 is 0 Å². The SMILES string of the molecule is CC(C)CC1NCCC1c1ccncc1. The highest BCUT2D eigenvalue weighted by Gasteiger charge is 2.28. The molecule has 1 aliphatic rings. The summed E-state index contributed by atoms with van der Waals surface area (Å²) in [5.41, 5.74) is 1.45. The fourth-order valence-electron chi connectivity index (χ4n) is 2.53. The van der Waals surface area contributed by atoms with Gasteiger partial charge in [-0.2, -0.15) is 0 Å². The van der Waals surface area contributed by atoms with Crippen molar-refractivity contribution in [1.82, 2.24) is 10.3 Å². The number of nitrogens with zero attached hydrogens (tertiary/aromatic N) is 1. The van der Waals surface area contributed by atoms with Crippen LogP contribution in [-0.2, 0) is 0 Å². The van der Waals surface area contributed by atoms with E-state index in [-0.39, 0.29) is 0 Å². The molecule has 1 aliphatic heterocycles. The van der Waals surface area contributed by atoms with Crippen molar-refractivity contribution >= 4 is 0 Å². The third-order valence-electron chi connectivity index (χ3n) is 3.21. The molecule has 1 aromatic heterocycles. The highest BCUT2D eigenvalue weighted by atomic mass is 14.9. The van der Waals surface area contributed by atoms with E-state index in [1.807, 2.05) is 12.4 Å². The first kappa shape index (κ1) is 10.6. The van der Waals surface area contributed by atoms with Gasteiger partial charge < -0.3 is 5.32 Å². The molecule has 2 atom stereocenters. The zero-order valence-electron chi connectivity index (χ0n) is 9.61. The molecule has 2 unspecified atom stereocenters. The molecule has 0 amide bonds. The van der Waals surface area contributed by atoms with Gasteiger partial charge in [0.15, 0.2) is 0 Å². The van der Waals surface area contributed by atoms with Gasteiger partial charge in [-0.05, 0) is 43.0 Å². The molecule has 15 heavy (non-hydrogen) atoms. The van der Waals surface area contributed by atoms with Crippen LogP contribution in [0.25, 0.3) is 0 Å². The monoisotopic (exact) mass is 204 g/mol. The van der Waals surface area contributed by atoms with Gasteiger partial charge in [-0.15, -0.1) is 0 Å². The number of pyridine rings is 1.